The molecular formula is C7H18F6NOP. The zero-order valence-corrected chi connectivity index (χ0v) is 10.7. The predicted octanol–water partition coefficient (Wildman–Crippen LogP) is 4.46. The maximum absolute atomic E-state index is 10.7. The first kappa shape index (κ1) is 18.3. The monoisotopic (exact) mass is 277 g/mol. The molecule has 0 fully saturated rings. The van der Waals surface area contributed by atoms with E-state index in [1.165, 1.54) is 0 Å². The van der Waals surface area contributed by atoms with Crippen LogP contribution in [0.1, 0.15) is 13.8 Å². The molecule has 0 aromatic heterocycles. The summed E-state index contributed by atoms with van der Waals surface area (Å²) in [6.45, 7) is 5.36. The number of halogens is 6. The van der Waals surface area contributed by atoms with Crippen molar-refractivity contribution in [2.45, 2.75) is 20.1 Å². The Morgan fingerprint density at radius 1 is 1.06 bits per heavy atom. The van der Waals surface area contributed by atoms with E-state index in [0.29, 0.717) is 6.23 Å². The number of ether oxygens (including phenoxy) is 1. The summed E-state index contributed by atoms with van der Waals surface area (Å²) in [6, 6.07) is 0. The molecule has 0 aliphatic heterocycles. The molecule has 0 bridgehead atoms. The van der Waals surface area contributed by atoms with Gasteiger partial charge in [-0.15, -0.1) is 0 Å². The second kappa shape index (κ2) is 4.31. The summed E-state index contributed by atoms with van der Waals surface area (Å²) in [4.78, 5) is 0. The van der Waals surface area contributed by atoms with Crippen molar-refractivity contribution < 1.29 is 34.4 Å². The number of methoxy groups -OCH3 is 1. The van der Waals surface area contributed by atoms with Gasteiger partial charge in [-0.05, 0) is 6.92 Å². The van der Waals surface area contributed by atoms with Gasteiger partial charge in [0.2, 0.25) is 0 Å². The molecule has 0 amide bonds. The molecule has 0 N–H and O–H groups in total. The summed E-state index contributed by atoms with van der Waals surface area (Å²) in [5.41, 5.74) is 0. The molecule has 16 heavy (non-hydrogen) atoms. The Morgan fingerprint density at radius 3 is 1.38 bits per heavy atom. The summed E-state index contributed by atoms with van der Waals surface area (Å²) < 4.78 is 65.3. The fraction of sp³-hybridized carbons (Fsp3) is 1.00. The van der Waals surface area contributed by atoms with E-state index in [4.69, 9.17) is 4.74 Å². The minimum absolute atomic E-state index is 0.301. The summed E-state index contributed by atoms with van der Waals surface area (Å²) >= 11 is 0. The van der Waals surface area contributed by atoms with E-state index in [9.17, 15) is 25.2 Å². The SMILES string of the molecule is CC[N+](C)(C)C(C)OC.F[P-](F)(F)(F)(F)F. The second-order valence-corrected chi connectivity index (χ2v) is 5.80. The Balaban J connectivity index is 0. The Hall–Kier alpha value is -0.0700. The van der Waals surface area contributed by atoms with Crippen molar-refractivity contribution in [2.24, 2.45) is 0 Å². The van der Waals surface area contributed by atoms with E-state index < -0.39 is 7.81 Å². The third-order valence-electron chi connectivity index (χ3n) is 2.14. The average Bonchev–Trinajstić information content (AvgIpc) is 1.97. The van der Waals surface area contributed by atoms with Crippen molar-refractivity contribution in [2.75, 3.05) is 27.7 Å². The first-order valence-corrected chi connectivity index (χ1v) is 6.44. The molecule has 0 aromatic carbocycles. The van der Waals surface area contributed by atoms with Gasteiger partial charge in [0.05, 0.1) is 20.6 Å². The van der Waals surface area contributed by atoms with Crippen LogP contribution in [-0.2, 0) is 4.74 Å². The Bertz CT molecular complexity index is 211. The van der Waals surface area contributed by atoms with Gasteiger partial charge in [0.25, 0.3) is 0 Å². The standard InChI is InChI=1S/C7H18NO.F6P/c1-6-8(3,4)7(2)9-5;1-7(2,3,4,5)6/h7H,6H2,1-5H3;/q+1;-1. The Morgan fingerprint density at radius 2 is 1.31 bits per heavy atom. The van der Waals surface area contributed by atoms with Crippen LogP contribution in [0.15, 0.2) is 0 Å². The van der Waals surface area contributed by atoms with E-state index >= 15 is 0 Å². The van der Waals surface area contributed by atoms with Crippen molar-refractivity contribution in [3.63, 3.8) is 0 Å². The first-order valence-electron chi connectivity index (χ1n) is 4.41. The van der Waals surface area contributed by atoms with E-state index in [0.717, 1.165) is 11.0 Å². The van der Waals surface area contributed by atoms with Crippen molar-refractivity contribution in [1.82, 2.24) is 0 Å². The summed E-state index contributed by atoms with van der Waals surface area (Å²) in [5, 5.41) is 0. The van der Waals surface area contributed by atoms with Gasteiger partial charge in [-0.2, -0.15) is 0 Å². The third-order valence-corrected chi connectivity index (χ3v) is 2.14. The predicted molar refractivity (Wildman–Crippen MR) is 52.7 cm³/mol. The van der Waals surface area contributed by atoms with Gasteiger partial charge < -0.3 is 9.22 Å². The summed E-state index contributed by atoms with van der Waals surface area (Å²) in [7, 11) is -4.59. The van der Waals surface area contributed by atoms with E-state index in [-0.39, 0.29) is 0 Å². The molecule has 0 radical (unpaired) electrons. The van der Waals surface area contributed by atoms with Crippen LogP contribution in [0.25, 0.3) is 0 Å². The van der Waals surface area contributed by atoms with E-state index in [1.54, 1.807) is 7.11 Å². The summed E-state index contributed by atoms with van der Waals surface area (Å²) in [5.74, 6) is 0. The van der Waals surface area contributed by atoms with Crippen molar-refractivity contribution in [3.8, 4) is 0 Å². The van der Waals surface area contributed by atoms with Crippen LogP contribution >= 0.6 is 7.81 Å². The van der Waals surface area contributed by atoms with Gasteiger partial charge >= 0.3 is 33.0 Å². The van der Waals surface area contributed by atoms with Crippen molar-refractivity contribution in [1.29, 1.82) is 0 Å². The van der Waals surface area contributed by atoms with Crippen LogP contribution in [0.2, 0.25) is 0 Å². The van der Waals surface area contributed by atoms with E-state index in [2.05, 4.69) is 27.9 Å². The van der Waals surface area contributed by atoms with Gasteiger partial charge in [-0.3, -0.25) is 0 Å². The third kappa shape index (κ3) is 19.5. The quantitative estimate of drug-likeness (QED) is 0.320. The number of nitrogens with zero attached hydrogens (tertiary/aromatic N) is 1. The number of hydrogen-bond acceptors (Lipinski definition) is 1. The maximum atomic E-state index is 9.87. The molecular weight excluding hydrogens is 259 g/mol. The van der Waals surface area contributed by atoms with Gasteiger partial charge in [0.15, 0.2) is 6.23 Å². The topological polar surface area (TPSA) is 9.23 Å². The van der Waals surface area contributed by atoms with Crippen LogP contribution in [0.4, 0.5) is 25.2 Å². The minimum atomic E-state index is -10.7. The van der Waals surface area contributed by atoms with Crippen molar-refractivity contribution in [3.05, 3.63) is 0 Å². The molecule has 0 saturated heterocycles. The number of rotatable bonds is 3. The number of hydrogen-bond donors (Lipinski definition) is 0. The summed E-state index contributed by atoms with van der Waals surface area (Å²) in [6.07, 6.45) is 0.301. The van der Waals surface area contributed by atoms with Crippen LogP contribution in [0, 0.1) is 0 Å². The molecule has 1 atom stereocenters. The molecule has 1 unspecified atom stereocenters. The molecule has 0 rings (SSSR count). The first-order chi connectivity index (χ1) is 6.49. The zero-order valence-electron chi connectivity index (χ0n) is 9.85. The second-order valence-electron chi connectivity index (χ2n) is 3.89. The normalized spacial score (nSPS) is 18.9. The molecule has 0 heterocycles. The molecule has 9 heteroatoms. The van der Waals surface area contributed by atoms with Crippen molar-refractivity contribution >= 4 is 7.81 Å². The van der Waals surface area contributed by atoms with Crippen LogP contribution in [0.5, 0.6) is 0 Å². The zero-order chi connectivity index (χ0) is 13.9. The molecule has 0 spiro atoms. The fourth-order valence-electron chi connectivity index (χ4n) is 0.542. The molecule has 104 valence electrons. The van der Waals surface area contributed by atoms with Crippen LogP contribution < -0.4 is 0 Å². The molecule has 0 aromatic rings. The van der Waals surface area contributed by atoms with Crippen LogP contribution in [-0.4, -0.2) is 38.5 Å². The Labute approximate surface area is 91.0 Å². The van der Waals surface area contributed by atoms with E-state index in [1.807, 2.05) is 0 Å². The van der Waals surface area contributed by atoms with Crippen LogP contribution in [0.3, 0.4) is 0 Å². The number of quaternary nitrogens is 1. The van der Waals surface area contributed by atoms with Gasteiger partial charge in [0.1, 0.15) is 0 Å². The molecule has 0 aliphatic rings. The molecule has 0 saturated carbocycles. The van der Waals surface area contributed by atoms with Gasteiger partial charge in [-0.25, -0.2) is 0 Å². The van der Waals surface area contributed by atoms with Gasteiger partial charge in [0, 0.05) is 14.0 Å². The molecule has 2 nitrogen and oxygen atoms in total. The average molecular weight is 277 g/mol. The van der Waals surface area contributed by atoms with Gasteiger partial charge in [-0.1, -0.05) is 0 Å². The fourth-order valence-corrected chi connectivity index (χ4v) is 0.542. The Kier molecular flexibility index (Phi) is 4.93. The molecule has 0 aliphatic carbocycles.